The molecule has 0 N–H and O–H groups in total. The lowest BCUT2D eigenvalue weighted by Crippen LogP contribution is -2.00. The third kappa shape index (κ3) is 5.37. The summed E-state index contributed by atoms with van der Waals surface area (Å²) in [7, 11) is 0. The Hall–Kier alpha value is -6.97. The van der Waals surface area contributed by atoms with Crippen molar-refractivity contribution in [2.45, 2.75) is 0 Å². The highest BCUT2D eigenvalue weighted by Gasteiger charge is 2.16. The standard InChI is InChI=1S/C49H31N3/c1-4-12-37-29-40(26-21-32(37)9-1)35-19-24-36(25-20-35)47-50-48(42-28-23-34-11-3-6-14-39(34)31-42)52-49(51-47)46-18-8-16-44-43(15-7-17-45(44)46)41-27-22-33-10-2-5-13-38(33)30-41/h1-31H. The van der Waals surface area contributed by atoms with Crippen molar-refractivity contribution in [1.82, 2.24) is 15.0 Å². The van der Waals surface area contributed by atoms with Gasteiger partial charge in [-0.1, -0.05) is 170 Å². The predicted octanol–water partition coefficient (Wildman–Crippen LogP) is 12.8. The van der Waals surface area contributed by atoms with Crippen LogP contribution in [0.2, 0.25) is 0 Å². The molecule has 0 radical (unpaired) electrons. The van der Waals surface area contributed by atoms with E-state index in [0.717, 1.165) is 38.4 Å². The van der Waals surface area contributed by atoms with E-state index < -0.39 is 0 Å². The normalized spacial score (nSPS) is 11.5. The van der Waals surface area contributed by atoms with E-state index in [4.69, 9.17) is 15.0 Å². The van der Waals surface area contributed by atoms with Crippen molar-refractivity contribution < 1.29 is 0 Å². The smallest absolute Gasteiger partial charge is 0.164 e. The monoisotopic (exact) mass is 661 g/mol. The summed E-state index contributed by atoms with van der Waals surface area (Å²) in [4.78, 5) is 15.4. The minimum Gasteiger partial charge on any atom is -0.208 e. The molecule has 242 valence electrons. The minimum absolute atomic E-state index is 0.640. The lowest BCUT2D eigenvalue weighted by atomic mass is 9.94. The van der Waals surface area contributed by atoms with Crippen molar-refractivity contribution in [1.29, 1.82) is 0 Å². The molecule has 0 spiro atoms. The summed E-state index contributed by atoms with van der Waals surface area (Å²) in [5, 5.41) is 9.50. The number of fused-ring (bicyclic) bond motifs is 4. The molecule has 0 aliphatic heterocycles. The van der Waals surface area contributed by atoms with Gasteiger partial charge in [0.1, 0.15) is 0 Å². The van der Waals surface area contributed by atoms with Gasteiger partial charge in [-0.25, -0.2) is 15.0 Å². The highest BCUT2D eigenvalue weighted by Crippen LogP contribution is 2.36. The van der Waals surface area contributed by atoms with Crippen molar-refractivity contribution >= 4 is 43.1 Å². The average Bonchev–Trinajstić information content (AvgIpc) is 3.22. The maximum atomic E-state index is 5.18. The summed E-state index contributed by atoms with van der Waals surface area (Å²) >= 11 is 0. The molecule has 0 fully saturated rings. The van der Waals surface area contributed by atoms with Crippen LogP contribution in [0.1, 0.15) is 0 Å². The van der Waals surface area contributed by atoms with Crippen LogP contribution in [0.5, 0.6) is 0 Å². The molecule has 10 rings (SSSR count). The lowest BCUT2D eigenvalue weighted by molar-refractivity contribution is 1.08. The van der Waals surface area contributed by atoms with Crippen LogP contribution in [0.25, 0.3) is 99.5 Å². The zero-order valence-electron chi connectivity index (χ0n) is 28.2. The van der Waals surface area contributed by atoms with E-state index in [2.05, 4.69) is 188 Å². The number of hydrogen-bond donors (Lipinski definition) is 0. The van der Waals surface area contributed by atoms with Crippen LogP contribution in [-0.4, -0.2) is 15.0 Å². The molecule has 3 heteroatoms. The number of benzene rings is 9. The quantitative estimate of drug-likeness (QED) is 0.184. The summed E-state index contributed by atoms with van der Waals surface area (Å²) in [5.41, 5.74) is 7.55. The maximum Gasteiger partial charge on any atom is 0.164 e. The molecule has 0 atom stereocenters. The molecule has 3 nitrogen and oxygen atoms in total. The first-order valence-electron chi connectivity index (χ1n) is 17.6. The van der Waals surface area contributed by atoms with Crippen molar-refractivity contribution in [2.75, 3.05) is 0 Å². The van der Waals surface area contributed by atoms with Gasteiger partial charge in [-0.2, -0.15) is 0 Å². The number of hydrogen-bond acceptors (Lipinski definition) is 3. The van der Waals surface area contributed by atoms with Crippen LogP contribution in [0, 0.1) is 0 Å². The first kappa shape index (κ1) is 29.9. The van der Waals surface area contributed by atoms with E-state index >= 15 is 0 Å². The second-order valence-corrected chi connectivity index (χ2v) is 13.3. The van der Waals surface area contributed by atoms with Gasteiger partial charge in [0.2, 0.25) is 0 Å². The first-order chi connectivity index (χ1) is 25.7. The van der Waals surface area contributed by atoms with Gasteiger partial charge in [-0.15, -0.1) is 0 Å². The number of rotatable bonds is 5. The fourth-order valence-corrected chi connectivity index (χ4v) is 7.38. The summed E-state index contributed by atoms with van der Waals surface area (Å²) in [6, 6.07) is 66.6. The topological polar surface area (TPSA) is 38.7 Å². The Morgan fingerprint density at radius 2 is 0.635 bits per heavy atom. The van der Waals surface area contributed by atoms with E-state index in [1.807, 2.05) is 0 Å². The van der Waals surface area contributed by atoms with E-state index in [9.17, 15) is 0 Å². The Balaban J connectivity index is 1.12. The van der Waals surface area contributed by atoms with Gasteiger partial charge in [-0.05, 0) is 83.5 Å². The molecule has 0 unspecified atom stereocenters. The molecule has 0 aliphatic carbocycles. The summed E-state index contributed by atoms with van der Waals surface area (Å²) in [5.74, 6) is 1.93. The molecule has 0 saturated heterocycles. The average molecular weight is 662 g/mol. The largest absolute Gasteiger partial charge is 0.208 e. The zero-order chi connectivity index (χ0) is 34.4. The predicted molar refractivity (Wildman–Crippen MR) is 217 cm³/mol. The number of nitrogens with zero attached hydrogens (tertiary/aromatic N) is 3. The zero-order valence-corrected chi connectivity index (χ0v) is 28.2. The van der Waals surface area contributed by atoms with Gasteiger partial charge < -0.3 is 0 Å². The molecule has 52 heavy (non-hydrogen) atoms. The van der Waals surface area contributed by atoms with Crippen LogP contribution in [0.15, 0.2) is 188 Å². The molecule has 0 saturated carbocycles. The molecular formula is C49H31N3. The second-order valence-electron chi connectivity index (χ2n) is 13.3. The van der Waals surface area contributed by atoms with Crippen LogP contribution in [0.3, 0.4) is 0 Å². The van der Waals surface area contributed by atoms with Gasteiger partial charge in [0.25, 0.3) is 0 Å². The number of aromatic nitrogens is 3. The van der Waals surface area contributed by atoms with Crippen LogP contribution in [0.4, 0.5) is 0 Å². The Kier molecular flexibility index (Phi) is 7.14. The molecule has 1 aromatic heterocycles. The third-order valence-electron chi connectivity index (χ3n) is 10.1. The molecule has 9 aromatic carbocycles. The Bertz CT molecular complexity index is 2960. The van der Waals surface area contributed by atoms with Crippen molar-refractivity contribution in [3.8, 4) is 56.4 Å². The van der Waals surface area contributed by atoms with Gasteiger partial charge >= 0.3 is 0 Å². The van der Waals surface area contributed by atoms with Crippen LogP contribution in [-0.2, 0) is 0 Å². The SMILES string of the molecule is c1ccc2cc(-c3ccc(-c4nc(-c5ccc6ccccc6c5)nc(-c5cccc6c(-c7ccc8ccccc8c7)cccc56)n4)cc3)ccc2c1. The molecule has 0 amide bonds. The van der Waals surface area contributed by atoms with Gasteiger partial charge in [0.05, 0.1) is 0 Å². The van der Waals surface area contributed by atoms with Gasteiger partial charge in [0.15, 0.2) is 17.5 Å². The molecule has 1 heterocycles. The Labute approximate surface area is 301 Å². The Morgan fingerprint density at radius 1 is 0.231 bits per heavy atom. The van der Waals surface area contributed by atoms with Crippen molar-refractivity contribution in [2.24, 2.45) is 0 Å². The van der Waals surface area contributed by atoms with Crippen LogP contribution < -0.4 is 0 Å². The van der Waals surface area contributed by atoms with Crippen molar-refractivity contribution in [3.63, 3.8) is 0 Å². The Morgan fingerprint density at radius 3 is 1.25 bits per heavy atom. The molecule has 0 bridgehead atoms. The van der Waals surface area contributed by atoms with E-state index in [0.29, 0.717) is 17.5 Å². The highest BCUT2D eigenvalue weighted by atomic mass is 15.0. The van der Waals surface area contributed by atoms with Crippen LogP contribution >= 0.6 is 0 Å². The third-order valence-corrected chi connectivity index (χ3v) is 10.1. The van der Waals surface area contributed by atoms with E-state index in [1.54, 1.807) is 0 Å². The fourth-order valence-electron chi connectivity index (χ4n) is 7.38. The van der Waals surface area contributed by atoms with E-state index in [1.165, 1.54) is 43.6 Å². The summed E-state index contributed by atoms with van der Waals surface area (Å²) < 4.78 is 0. The first-order valence-corrected chi connectivity index (χ1v) is 17.6. The van der Waals surface area contributed by atoms with Gasteiger partial charge in [0, 0.05) is 16.7 Å². The second kappa shape index (κ2) is 12.4. The minimum atomic E-state index is 0.640. The maximum absolute atomic E-state index is 5.18. The fraction of sp³-hybridized carbons (Fsp3) is 0. The molecular weight excluding hydrogens is 631 g/mol. The van der Waals surface area contributed by atoms with E-state index in [-0.39, 0.29) is 0 Å². The lowest BCUT2D eigenvalue weighted by Gasteiger charge is -2.13. The van der Waals surface area contributed by atoms with Gasteiger partial charge in [-0.3, -0.25) is 0 Å². The molecule has 10 aromatic rings. The summed E-state index contributed by atoms with van der Waals surface area (Å²) in [6.07, 6.45) is 0. The summed E-state index contributed by atoms with van der Waals surface area (Å²) in [6.45, 7) is 0. The van der Waals surface area contributed by atoms with Crippen molar-refractivity contribution in [3.05, 3.63) is 188 Å². The molecule has 0 aliphatic rings. The highest BCUT2D eigenvalue weighted by molar-refractivity contribution is 6.05.